The maximum absolute atomic E-state index is 12.9. The first-order valence-corrected chi connectivity index (χ1v) is 10.6. The minimum absolute atomic E-state index is 0.161. The van der Waals surface area contributed by atoms with E-state index in [2.05, 4.69) is 5.32 Å². The highest BCUT2D eigenvalue weighted by atomic mass is 35.5. The quantitative estimate of drug-likeness (QED) is 0.696. The molecule has 29 heavy (non-hydrogen) atoms. The van der Waals surface area contributed by atoms with Crippen LogP contribution in [0.5, 0.6) is 0 Å². The fourth-order valence-electron chi connectivity index (χ4n) is 4.41. The van der Waals surface area contributed by atoms with Crippen molar-refractivity contribution in [2.75, 3.05) is 13.2 Å². The van der Waals surface area contributed by atoms with E-state index < -0.39 is 11.5 Å². The summed E-state index contributed by atoms with van der Waals surface area (Å²) in [4.78, 5) is 25.7. The van der Waals surface area contributed by atoms with Crippen molar-refractivity contribution in [3.05, 3.63) is 45.3 Å². The molecule has 2 fully saturated rings. The summed E-state index contributed by atoms with van der Waals surface area (Å²) in [5.41, 5.74) is -0.469. The number of nitrogens with zero attached hydrogens (tertiary/aromatic N) is 1. The summed E-state index contributed by atoms with van der Waals surface area (Å²) in [6.07, 6.45) is 7.50. The van der Waals surface area contributed by atoms with E-state index in [1.54, 1.807) is 31.3 Å². The van der Waals surface area contributed by atoms with Crippen molar-refractivity contribution in [2.45, 2.75) is 57.1 Å². The Balaban J connectivity index is 1.57. The Hall–Kier alpha value is -1.89. The van der Waals surface area contributed by atoms with Gasteiger partial charge in [-0.1, -0.05) is 11.6 Å². The monoisotopic (exact) mass is 418 g/mol. The Morgan fingerprint density at radius 2 is 1.83 bits per heavy atom. The first-order chi connectivity index (χ1) is 13.8. The molecule has 1 heterocycles. The second kappa shape index (κ2) is 7.42. The lowest BCUT2D eigenvalue weighted by Crippen LogP contribution is -2.45. The van der Waals surface area contributed by atoms with Crippen molar-refractivity contribution in [3.63, 3.8) is 0 Å². The van der Waals surface area contributed by atoms with Crippen LogP contribution in [0, 0.1) is 5.41 Å². The molecule has 156 valence electrons. The highest BCUT2D eigenvalue weighted by Gasteiger charge is 2.48. The third kappa shape index (κ3) is 3.81. The number of fused-ring (bicyclic) bond motifs is 1. The number of hydrogen-bond acceptors (Lipinski definition) is 4. The number of amides is 1. The van der Waals surface area contributed by atoms with E-state index in [0.29, 0.717) is 29.0 Å². The van der Waals surface area contributed by atoms with Crippen molar-refractivity contribution < 1.29 is 15.0 Å². The molecule has 2 aliphatic rings. The Kier molecular flexibility index (Phi) is 5.21. The van der Waals surface area contributed by atoms with Crippen molar-refractivity contribution >= 4 is 28.3 Å². The Bertz CT molecular complexity index is 1000. The number of nitrogens with one attached hydrogen (secondary N) is 1. The van der Waals surface area contributed by atoms with Gasteiger partial charge in [-0.2, -0.15) is 0 Å². The summed E-state index contributed by atoms with van der Waals surface area (Å²) in [6, 6.07) is 4.45. The standard InChI is InChI=1S/C22H27ClN2O4/c1-14(12-26)25-11-4-15-16(20(25)28)2-3-17(23)18(15)19(27)24-13-22(29)9-7-21(5-6-21)8-10-22/h2-4,11,14,26,29H,5-10,12-13H2,1H3,(H,24,27). The summed E-state index contributed by atoms with van der Waals surface area (Å²) in [6.45, 7) is 1.76. The molecule has 7 heteroatoms. The van der Waals surface area contributed by atoms with Crippen molar-refractivity contribution in [1.82, 2.24) is 9.88 Å². The second-order valence-corrected chi connectivity index (χ2v) is 9.26. The van der Waals surface area contributed by atoms with Crippen LogP contribution in [0.2, 0.25) is 5.02 Å². The molecule has 6 nitrogen and oxygen atoms in total. The number of rotatable bonds is 5. The van der Waals surface area contributed by atoms with E-state index in [-0.39, 0.29) is 35.3 Å². The van der Waals surface area contributed by atoms with Crippen molar-refractivity contribution in [1.29, 1.82) is 0 Å². The number of halogens is 1. The molecule has 0 bridgehead atoms. The Morgan fingerprint density at radius 3 is 2.45 bits per heavy atom. The van der Waals surface area contributed by atoms with Gasteiger partial charge in [0.15, 0.2) is 0 Å². The topological polar surface area (TPSA) is 91.6 Å². The number of carbonyl (C=O) groups is 1. The molecule has 2 aromatic rings. The summed E-state index contributed by atoms with van der Waals surface area (Å²) in [5.74, 6) is -0.395. The largest absolute Gasteiger partial charge is 0.394 e. The van der Waals surface area contributed by atoms with Gasteiger partial charge in [-0.15, -0.1) is 0 Å². The van der Waals surface area contributed by atoms with Crippen LogP contribution in [-0.4, -0.2) is 39.4 Å². The SMILES string of the molecule is CC(CO)n1ccc2c(C(=O)NCC3(O)CCC4(CC3)CC4)c(Cl)ccc2c1=O. The number of carbonyl (C=O) groups excluding carboxylic acids is 1. The predicted molar refractivity (Wildman–Crippen MR) is 112 cm³/mol. The normalized spacial score (nSPS) is 20.6. The number of pyridine rings is 1. The first-order valence-electron chi connectivity index (χ1n) is 10.2. The maximum Gasteiger partial charge on any atom is 0.258 e. The lowest BCUT2D eigenvalue weighted by atomic mass is 9.77. The van der Waals surface area contributed by atoms with Gasteiger partial charge >= 0.3 is 0 Å². The van der Waals surface area contributed by atoms with E-state index in [9.17, 15) is 19.8 Å². The van der Waals surface area contributed by atoms with Gasteiger partial charge < -0.3 is 20.1 Å². The second-order valence-electron chi connectivity index (χ2n) is 8.85. The first kappa shape index (κ1) is 20.4. The van der Waals surface area contributed by atoms with Crippen LogP contribution in [0.15, 0.2) is 29.2 Å². The fraction of sp³-hybridized carbons (Fsp3) is 0.545. The molecule has 1 aromatic carbocycles. The third-order valence-electron chi connectivity index (χ3n) is 6.80. The predicted octanol–water partition coefficient (Wildman–Crippen LogP) is 3.02. The molecule has 1 aromatic heterocycles. The number of hydrogen-bond donors (Lipinski definition) is 3. The zero-order valence-corrected chi connectivity index (χ0v) is 17.3. The van der Waals surface area contributed by atoms with Crippen LogP contribution in [0.4, 0.5) is 0 Å². The summed E-state index contributed by atoms with van der Waals surface area (Å²) < 4.78 is 1.44. The molecular weight excluding hydrogens is 392 g/mol. The highest BCUT2D eigenvalue weighted by Crippen LogP contribution is 2.57. The van der Waals surface area contributed by atoms with Crippen LogP contribution >= 0.6 is 11.6 Å². The minimum atomic E-state index is -0.885. The molecule has 4 rings (SSSR count). The number of benzene rings is 1. The Morgan fingerprint density at radius 1 is 1.17 bits per heavy atom. The van der Waals surface area contributed by atoms with E-state index in [1.165, 1.54) is 17.4 Å². The van der Waals surface area contributed by atoms with Crippen molar-refractivity contribution in [2.24, 2.45) is 5.41 Å². The third-order valence-corrected chi connectivity index (χ3v) is 7.12. The lowest BCUT2D eigenvalue weighted by Gasteiger charge is -2.36. The van der Waals surface area contributed by atoms with Gasteiger partial charge in [0.25, 0.3) is 11.5 Å². The number of aromatic nitrogens is 1. The highest BCUT2D eigenvalue weighted by molar-refractivity contribution is 6.35. The molecule has 2 saturated carbocycles. The molecule has 0 aliphatic heterocycles. The van der Waals surface area contributed by atoms with Gasteiger partial charge in [0.1, 0.15) is 0 Å². The number of aliphatic hydroxyl groups is 2. The number of aliphatic hydroxyl groups excluding tert-OH is 1. The van der Waals surface area contributed by atoms with Gasteiger partial charge in [-0.05, 0) is 69.1 Å². The van der Waals surface area contributed by atoms with Gasteiger partial charge in [0, 0.05) is 23.5 Å². The van der Waals surface area contributed by atoms with Crippen molar-refractivity contribution in [3.8, 4) is 0 Å². The van der Waals surface area contributed by atoms with Crippen LogP contribution in [0.25, 0.3) is 10.8 Å². The molecular formula is C22H27ClN2O4. The van der Waals surface area contributed by atoms with Gasteiger partial charge in [0.05, 0.1) is 28.8 Å². The lowest BCUT2D eigenvalue weighted by molar-refractivity contribution is -0.0116. The molecule has 0 saturated heterocycles. The summed E-state index contributed by atoms with van der Waals surface area (Å²) in [5, 5.41) is 24.1. The van der Waals surface area contributed by atoms with Gasteiger partial charge in [0.2, 0.25) is 0 Å². The molecule has 1 atom stereocenters. The van der Waals surface area contributed by atoms with Crippen LogP contribution in [0.3, 0.4) is 0 Å². The van der Waals surface area contributed by atoms with E-state index in [1.807, 2.05) is 0 Å². The molecule has 2 aliphatic carbocycles. The molecule has 1 unspecified atom stereocenters. The van der Waals surface area contributed by atoms with E-state index >= 15 is 0 Å². The summed E-state index contributed by atoms with van der Waals surface area (Å²) >= 11 is 6.31. The molecule has 1 spiro atoms. The summed E-state index contributed by atoms with van der Waals surface area (Å²) in [7, 11) is 0. The van der Waals surface area contributed by atoms with E-state index in [4.69, 9.17) is 11.6 Å². The average molecular weight is 419 g/mol. The van der Waals surface area contributed by atoms with Crippen LogP contribution < -0.4 is 10.9 Å². The smallest absolute Gasteiger partial charge is 0.258 e. The average Bonchev–Trinajstić information content (AvgIpc) is 3.48. The molecule has 1 amide bonds. The van der Waals surface area contributed by atoms with Crippen LogP contribution in [0.1, 0.15) is 61.8 Å². The molecule has 0 radical (unpaired) electrons. The fourth-order valence-corrected chi connectivity index (χ4v) is 4.66. The zero-order valence-electron chi connectivity index (χ0n) is 16.6. The zero-order chi connectivity index (χ0) is 20.8. The Labute approximate surface area is 174 Å². The molecule has 3 N–H and O–H groups in total. The van der Waals surface area contributed by atoms with E-state index in [0.717, 1.165) is 12.8 Å². The van der Waals surface area contributed by atoms with Gasteiger partial charge in [-0.25, -0.2) is 0 Å². The minimum Gasteiger partial charge on any atom is -0.394 e. The maximum atomic E-state index is 12.9. The van der Waals surface area contributed by atoms with Gasteiger partial charge in [-0.3, -0.25) is 9.59 Å². The van der Waals surface area contributed by atoms with Crippen LogP contribution in [-0.2, 0) is 0 Å².